The third kappa shape index (κ3) is 7.58. The van der Waals surface area contributed by atoms with E-state index in [4.69, 9.17) is 0 Å². The second-order valence-electron chi connectivity index (χ2n) is 3.52. The normalized spacial score (nSPS) is 12.6. The van der Waals surface area contributed by atoms with Crippen molar-refractivity contribution in [1.82, 2.24) is 5.32 Å². The number of amides is 1. The number of hydrogen-bond acceptors (Lipinski definition) is 1. The minimum absolute atomic E-state index is 0.0812. The van der Waals surface area contributed by atoms with Crippen molar-refractivity contribution in [2.24, 2.45) is 5.92 Å². The molecule has 0 bridgehead atoms. The first-order chi connectivity index (χ1) is 5.66. The Balaban J connectivity index is 3.19. The second-order valence-corrected chi connectivity index (χ2v) is 3.52. The zero-order chi connectivity index (χ0) is 9.40. The number of nitrogens with one attached hydrogen (secondary N) is 1. The van der Waals surface area contributed by atoms with Gasteiger partial charge >= 0.3 is 0 Å². The minimum Gasteiger partial charge on any atom is -0.356 e. The summed E-state index contributed by atoms with van der Waals surface area (Å²) in [6.07, 6.45) is 4.97. The first-order valence-corrected chi connectivity index (χ1v) is 4.91. The Labute approximate surface area is 75.7 Å². The van der Waals surface area contributed by atoms with Crippen molar-refractivity contribution < 1.29 is 4.79 Å². The summed E-state index contributed by atoms with van der Waals surface area (Å²) in [5.41, 5.74) is 0. The minimum atomic E-state index is 0.0812. The van der Waals surface area contributed by atoms with Crippen molar-refractivity contribution in [3.8, 4) is 0 Å². The maximum absolute atomic E-state index is 10.5. The quantitative estimate of drug-likeness (QED) is 0.653. The van der Waals surface area contributed by atoms with E-state index < -0.39 is 0 Å². The van der Waals surface area contributed by atoms with Crippen molar-refractivity contribution in [3.05, 3.63) is 0 Å². The van der Waals surface area contributed by atoms with E-state index in [0.29, 0.717) is 0 Å². The maximum atomic E-state index is 10.5. The molecule has 1 amide bonds. The fourth-order valence-electron chi connectivity index (χ4n) is 1.19. The lowest BCUT2D eigenvalue weighted by Gasteiger charge is -2.10. The Morgan fingerprint density at radius 2 is 2.08 bits per heavy atom. The Kier molecular flexibility index (Phi) is 6.82. The van der Waals surface area contributed by atoms with Gasteiger partial charge in [0.15, 0.2) is 0 Å². The van der Waals surface area contributed by atoms with Crippen LogP contribution in [-0.4, -0.2) is 12.5 Å². The molecule has 0 aliphatic heterocycles. The Bertz CT molecular complexity index is 123. The van der Waals surface area contributed by atoms with Gasteiger partial charge in [0.05, 0.1) is 0 Å². The summed E-state index contributed by atoms with van der Waals surface area (Å²) < 4.78 is 0. The van der Waals surface area contributed by atoms with Crippen LogP contribution in [0.3, 0.4) is 0 Å². The molecule has 0 heterocycles. The van der Waals surface area contributed by atoms with E-state index in [1.54, 1.807) is 6.92 Å². The van der Waals surface area contributed by atoms with Gasteiger partial charge in [-0.3, -0.25) is 4.79 Å². The molecule has 0 radical (unpaired) electrons. The van der Waals surface area contributed by atoms with Crippen molar-refractivity contribution in [2.45, 2.75) is 46.5 Å². The molecule has 72 valence electrons. The zero-order valence-corrected chi connectivity index (χ0v) is 8.52. The lowest BCUT2D eigenvalue weighted by molar-refractivity contribution is -0.118. The highest BCUT2D eigenvalue weighted by molar-refractivity contribution is 5.72. The lowest BCUT2D eigenvalue weighted by atomic mass is 10.0. The van der Waals surface area contributed by atoms with Gasteiger partial charge in [-0.05, 0) is 12.3 Å². The van der Waals surface area contributed by atoms with Crippen LogP contribution in [-0.2, 0) is 4.79 Å². The molecule has 2 nitrogen and oxygen atoms in total. The highest BCUT2D eigenvalue weighted by atomic mass is 16.1. The van der Waals surface area contributed by atoms with E-state index in [2.05, 4.69) is 19.2 Å². The van der Waals surface area contributed by atoms with Crippen LogP contribution in [0.4, 0.5) is 0 Å². The highest BCUT2D eigenvalue weighted by Crippen LogP contribution is 2.10. The smallest absolute Gasteiger partial charge is 0.216 e. The first-order valence-electron chi connectivity index (χ1n) is 4.91. The molecule has 0 spiro atoms. The van der Waals surface area contributed by atoms with E-state index in [9.17, 15) is 4.79 Å². The summed E-state index contributed by atoms with van der Waals surface area (Å²) in [5, 5.41) is 2.81. The molecule has 0 saturated heterocycles. The molecule has 0 saturated carbocycles. The monoisotopic (exact) mass is 171 g/mol. The van der Waals surface area contributed by atoms with Gasteiger partial charge in [0, 0.05) is 13.5 Å². The summed E-state index contributed by atoms with van der Waals surface area (Å²) >= 11 is 0. The fraction of sp³-hybridized carbons (Fsp3) is 0.900. The average molecular weight is 171 g/mol. The van der Waals surface area contributed by atoms with Crippen LogP contribution in [0.25, 0.3) is 0 Å². The highest BCUT2D eigenvalue weighted by Gasteiger charge is 2.00. The maximum Gasteiger partial charge on any atom is 0.216 e. The molecule has 0 aliphatic rings. The lowest BCUT2D eigenvalue weighted by Crippen LogP contribution is -2.22. The Morgan fingerprint density at radius 3 is 2.58 bits per heavy atom. The van der Waals surface area contributed by atoms with Crippen LogP contribution in [0.5, 0.6) is 0 Å². The summed E-state index contributed by atoms with van der Waals surface area (Å²) in [6.45, 7) is 6.86. The molecule has 0 rings (SSSR count). The molecular weight excluding hydrogens is 150 g/mol. The SMILES string of the molecule is CCCCC(C)CCNC(C)=O. The Morgan fingerprint density at radius 1 is 1.42 bits per heavy atom. The fourth-order valence-corrected chi connectivity index (χ4v) is 1.19. The van der Waals surface area contributed by atoms with Crippen molar-refractivity contribution >= 4 is 5.91 Å². The van der Waals surface area contributed by atoms with Crippen molar-refractivity contribution in [3.63, 3.8) is 0 Å². The summed E-state index contributed by atoms with van der Waals surface area (Å²) in [7, 11) is 0. The van der Waals surface area contributed by atoms with Gasteiger partial charge in [-0.1, -0.05) is 33.1 Å². The zero-order valence-electron chi connectivity index (χ0n) is 8.52. The van der Waals surface area contributed by atoms with E-state index in [1.807, 2.05) is 0 Å². The van der Waals surface area contributed by atoms with Gasteiger partial charge in [-0.2, -0.15) is 0 Å². The molecule has 12 heavy (non-hydrogen) atoms. The van der Waals surface area contributed by atoms with E-state index >= 15 is 0 Å². The number of carbonyl (C=O) groups excluding carboxylic acids is 1. The topological polar surface area (TPSA) is 29.1 Å². The van der Waals surface area contributed by atoms with E-state index in [0.717, 1.165) is 18.9 Å². The van der Waals surface area contributed by atoms with Gasteiger partial charge in [0.1, 0.15) is 0 Å². The molecule has 0 aromatic heterocycles. The van der Waals surface area contributed by atoms with Gasteiger partial charge in [-0.15, -0.1) is 0 Å². The van der Waals surface area contributed by atoms with Gasteiger partial charge in [0.25, 0.3) is 0 Å². The number of hydrogen-bond donors (Lipinski definition) is 1. The molecule has 1 unspecified atom stereocenters. The van der Waals surface area contributed by atoms with Crippen molar-refractivity contribution in [2.75, 3.05) is 6.54 Å². The number of unbranched alkanes of at least 4 members (excludes halogenated alkanes) is 1. The van der Waals surface area contributed by atoms with E-state index in [1.165, 1.54) is 19.3 Å². The predicted octanol–water partition coefficient (Wildman–Crippen LogP) is 2.34. The van der Waals surface area contributed by atoms with Crippen LogP contribution in [0.1, 0.15) is 46.5 Å². The molecule has 1 N–H and O–H groups in total. The average Bonchev–Trinajstić information content (AvgIpc) is 2.00. The van der Waals surface area contributed by atoms with Crippen LogP contribution in [0.15, 0.2) is 0 Å². The van der Waals surface area contributed by atoms with Crippen LogP contribution in [0, 0.1) is 5.92 Å². The molecule has 2 heteroatoms. The first kappa shape index (κ1) is 11.5. The second kappa shape index (κ2) is 7.14. The van der Waals surface area contributed by atoms with Gasteiger partial charge in [-0.25, -0.2) is 0 Å². The summed E-state index contributed by atoms with van der Waals surface area (Å²) in [6, 6.07) is 0. The Hall–Kier alpha value is -0.530. The molecular formula is C10H21NO. The number of carbonyl (C=O) groups is 1. The summed E-state index contributed by atoms with van der Waals surface area (Å²) in [4.78, 5) is 10.5. The van der Waals surface area contributed by atoms with Crippen LogP contribution >= 0.6 is 0 Å². The van der Waals surface area contributed by atoms with Gasteiger partial charge < -0.3 is 5.32 Å². The van der Waals surface area contributed by atoms with Crippen molar-refractivity contribution in [1.29, 1.82) is 0 Å². The largest absolute Gasteiger partial charge is 0.356 e. The van der Waals surface area contributed by atoms with Crippen LogP contribution in [0.2, 0.25) is 0 Å². The molecule has 1 atom stereocenters. The third-order valence-electron chi connectivity index (χ3n) is 2.06. The standard InChI is InChI=1S/C10H21NO/c1-4-5-6-9(2)7-8-11-10(3)12/h9H,4-8H2,1-3H3,(H,11,12). The summed E-state index contributed by atoms with van der Waals surface area (Å²) in [5.74, 6) is 0.828. The molecule has 0 fully saturated rings. The van der Waals surface area contributed by atoms with Crippen LogP contribution < -0.4 is 5.32 Å². The molecule has 0 aromatic carbocycles. The molecule has 0 aromatic rings. The number of rotatable bonds is 6. The van der Waals surface area contributed by atoms with Gasteiger partial charge in [0.2, 0.25) is 5.91 Å². The molecule has 0 aliphatic carbocycles. The predicted molar refractivity (Wildman–Crippen MR) is 52.0 cm³/mol. The van der Waals surface area contributed by atoms with E-state index in [-0.39, 0.29) is 5.91 Å². The third-order valence-corrected chi connectivity index (χ3v) is 2.06.